The number of hydrogen-bond acceptors (Lipinski definition) is 5. The first kappa shape index (κ1) is 20.7. The van der Waals surface area contributed by atoms with Crippen molar-refractivity contribution in [3.63, 3.8) is 0 Å². The molecule has 8 heteroatoms. The van der Waals surface area contributed by atoms with Gasteiger partial charge in [-0.25, -0.2) is 4.39 Å². The fourth-order valence-electron chi connectivity index (χ4n) is 3.79. The molecule has 0 bridgehead atoms. The minimum absolute atomic E-state index is 0.000291. The van der Waals surface area contributed by atoms with E-state index in [2.05, 4.69) is 15.4 Å². The highest BCUT2D eigenvalue weighted by atomic mass is 19.1. The van der Waals surface area contributed by atoms with Crippen LogP contribution in [0, 0.1) is 12.7 Å². The molecular weight excluding hydrogens is 397 g/mol. The Labute approximate surface area is 180 Å². The quantitative estimate of drug-likeness (QED) is 0.585. The van der Waals surface area contributed by atoms with Gasteiger partial charge < -0.3 is 9.64 Å². The van der Waals surface area contributed by atoms with Crippen LogP contribution in [-0.2, 0) is 4.79 Å². The van der Waals surface area contributed by atoms with Crippen LogP contribution in [0.15, 0.2) is 48.0 Å². The van der Waals surface area contributed by atoms with Crippen molar-refractivity contribution in [3.05, 3.63) is 70.8 Å². The second-order valence-corrected chi connectivity index (χ2v) is 7.56. The summed E-state index contributed by atoms with van der Waals surface area (Å²) in [4.78, 5) is 16.4. The average Bonchev–Trinajstić information content (AvgIpc) is 3.21. The molecule has 1 atom stereocenters. The number of hydrogen-bond donors (Lipinski definition) is 0. The standard InChI is InChI=1S/C23H24FN5O2/c1-15(18-7-9-20(24)10-8-18)28-12-4-5-19(23(28)30)13-17-6-11-21(22(14-17)31-3)29-26-16(2)25-27-29/h6-11,13-15H,4-5,12H2,1-3H3/t15-/m0/s1. The molecule has 31 heavy (non-hydrogen) atoms. The number of likely N-dealkylation sites (tertiary alicyclic amines) is 1. The maximum absolute atomic E-state index is 13.3. The molecular formula is C23H24FN5O2. The number of ether oxygens (including phenoxy) is 1. The van der Waals surface area contributed by atoms with Gasteiger partial charge in [0.15, 0.2) is 5.82 Å². The molecule has 0 aliphatic carbocycles. The predicted molar refractivity (Wildman–Crippen MR) is 114 cm³/mol. The monoisotopic (exact) mass is 421 g/mol. The fraction of sp³-hybridized carbons (Fsp3) is 0.304. The summed E-state index contributed by atoms with van der Waals surface area (Å²) >= 11 is 0. The van der Waals surface area contributed by atoms with Gasteiger partial charge in [-0.1, -0.05) is 18.2 Å². The van der Waals surface area contributed by atoms with E-state index in [4.69, 9.17) is 4.74 Å². The first-order valence-corrected chi connectivity index (χ1v) is 10.2. The molecule has 160 valence electrons. The molecule has 0 spiro atoms. The lowest BCUT2D eigenvalue weighted by molar-refractivity contribution is -0.130. The number of aryl methyl sites for hydroxylation is 1. The number of nitrogens with zero attached hydrogens (tertiary/aromatic N) is 5. The van der Waals surface area contributed by atoms with Crippen LogP contribution in [0.25, 0.3) is 11.8 Å². The van der Waals surface area contributed by atoms with Gasteiger partial charge in [-0.3, -0.25) is 4.79 Å². The summed E-state index contributed by atoms with van der Waals surface area (Å²) in [7, 11) is 1.58. The van der Waals surface area contributed by atoms with E-state index in [9.17, 15) is 9.18 Å². The van der Waals surface area contributed by atoms with Gasteiger partial charge in [0, 0.05) is 12.1 Å². The number of carbonyl (C=O) groups excluding carboxylic acids is 1. The first-order chi connectivity index (χ1) is 15.0. The van der Waals surface area contributed by atoms with Gasteiger partial charge in [-0.15, -0.1) is 15.0 Å². The second-order valence-electron chi connectivity index (χ2n) is 7.56. The third-order valence-electron chi connectivity index (χ3n) is 5.47. The molecule has 1 aromatic heterocycles. The molecule has 1 fully saturated rings. The van der Waals surface area contributed by atoms with Crippen LogP contribution < -0.4 is 4.74 Å². The Morgan fingerprint density at radius 1 is 1.19 bits per heavy atom. The summed E-state index contributed by atoms with van der Waals surface area (Å²) in [6.07, 6.45) is 3.48. The molecule has 4 rings (SSSR count). The van der Waals surface area contributed by atoms with Crippen LogP contribution in [0.3, 0.4) is 0 Å². The zero-order valence-electron chi connectivity index (χ0n) is 17.7. The number of methoxy groups -OCH3 is 1. The van der Waals surface area contributed by atoms with Crippen molar-refractivity contribution in [2.24, 2.45) is 0 Å². The van der Waals surface area contributed by atoms with E-state index >= 15 is 0 Å². The molecule has 3 aromatic rings. The van der Waals surface area contributed by atoms with Gasteiger partial charge in [0.1, 0.15) is 17.3 Å². The van der Waals surface area contributed by atoms with Gasteiger partial charge in [0.2, 0.25) is 5.91 Å². The van der Waals surface area contributed by atoms with Crippen molar-refractivity contribution >= 4 is 12.0 Å². The van der Waals surface area contributed by atoms with Crippen molar-refractivity contribution < 1.29 is 13.9 Å². The van der Waals surface area contributed by atoms with E-state index in [1.54, 1.807) is 26.2 Å². The summed E-state index contributed by atoms with van der Waals surface area (Å²) in [5, 5.41) is 12.1. The van der Waals surface area contributed by atoms with Crippen molar-refractivity contribution in [2.45, 2.75) is 32.7 Å². The lowest BCUT2D eigenvalue weighted by Gasteiger charge is -2.34. The van der Waals surface area contributed by atoms with Crippen LogP contribution in [0.5, 0.6) is 5.75 Å². The summed E-state index contributed by atoms with van der Waals surface area (Å²) in [5.74, 6) is 0.873. The minimum Gasteiger partial charge on any atom is -0.494 e. The van der Waals surface area contributed by atoms with Crippen LogP contribution >= 0.6 is 0 Å². The number of benzene rings is 2. The lowest BCUT2D eigenvalue weighted by Crippen LogP contribution is -2.38. The van der Waals surface area contributed by atoms with Crippen molar-refractivity contribution in [3.8, 4) is 11.4 Å². The highest BCUT2D eigenvalue weighted by molar-refractivity contribution is 5.98. The molecule has 7 nitrogen and oxygen atoms in total. The van der Waals surface area contributed by atoms with Crippen LogP contribution in [0.2, 0.25) is 0 Å². The van der Waals surface area contributed by atoms with E-state index in [0.29, 0.717) is 30.2 Å². The topological polar surface area (TPSA) is 73.1 Å². The molecule has 1 aliphatic heterocycles. The zero-order valence-corrected chi connectivity index (χ0v) is 17.7. The van der Waals surface area contributed by atoms with Crippen LogP contribution in [0.1, 0.15) is 42.8 Å². The number of aromatic nitrogens is 4. The third kappa shape index (κ3) is 4.33. The normalized spacial score (nSPS) is 16.6. The predicted octanol–water partition coefficient (Wildman–Crippen LogP) is 3.89. The Bertz CT molecular complexity index is 1120. The molecule has 2 aromatic carbocycles. The Balaban J connectivity index is 1.59. The van der Waals surface area contributed by atoms with E-state index in [1.165, 1.54) is 16.9 Å². The highest BCUT2D eigenvalue weighted by Crippen LogP contribution is 2.30. The highest BCUT2D eigenvalue weighted by Gasteiger charge is 2.28. The maximum atomic E-state index is 13.3. The number of halogens is 1. The first-order valence-electron chi connectivity index (χ1n) is 10.2. The van der Waals surface area contributed by atoms with E-state index in [-0.39, 0.29) is 17.8 Å². The molecule has 1 amide bonds. The molecule has 0 radical (unpaired) electrons. The number of amides is 1. The fourth-order valence-corrected chi connectivity index (χ4v) is 3.79. The van der Waals surface area contributed by atoms with Crippen molar-refractivity contribution in [1.82, 2.24) is 25.1 Å². The molecule has 2 heterocycles. The van der Waals surface area contributed by atoms with Crippen LogP contribution in [-0.4, -0.2) is 44.7 Å². The maximum Gasteiger partial charge on any atom is 0.250 e. The largest absolute Gasteiger partial charge is 0.494 e. The van der Waals surface area contributed by atoms with Gasteiger partial charge >= 0.3 is 0 Å². The Kier molecular flexibility index (Phi) is 5.79. The minimum atomic E-state index is -0.282. The Hall–Kier alpha value is -3.55. The zero-order chi connectivity index (χ0) is 22.0. The second kappa shape index (κ2) is 8.67. The number of piperidine rings is 1. The molecule has 1 aliphatic rings. The average molecular weight is 421 g/mol. The van der Waals surface area contributed by atoms with Crippen LogP contribution in [0.4, 0.5) is 4.39 Å². The number of tetrazole rings is 1. The van der Waals surface area contributed by atoms with E-state index in [1.807, 2.05) is 36.1 Å². The van der Waals surface area contributed by atoms with Gasteiger partial charge in [0.05, 0.1) is 13.2 Å². The van der Waals surface area contributed by atoms with Crippen molar-refractivity contribution in [2.75, 3.05) is 13.7 Å². The smallest absolute Gasteiger partial charge is 0.250 e. The van der Waals surface area contributed by atoms with Gasteiger partial charge in [-0.05, 0) is 73.4 Å². The van der Waals surface area contributed by atoms with E-state index in [0.717, 1.165) is 23.1 Å². The van der Waals surface area contributed by atoms with Gasteiger partial charge in [-0.2, -0.15) is 0 Å². The van der Waals surface area contributed by atoms with Gasteiger partial charge in [0.25, 0.3) is 0 Å². The SMILES string of the molecule is COc1cc(C=C2CCCN([C@@H](C)c3ccc(F)cc3)C2=O)ccc1-n1nnc(C)n1. The molecule has 0 unspecified atom stereocenters. The van der Waals surface area contributed by atoms with E-state index < -0.39 is 0 Å². The molecule has 0 saturated carbocycles. The number of carbonyl (C=O) groups is 1. The third-order valence-corrected chi connectivity index (χ3v) is 5.47. The molecule has 0 N–H and O–H groups in total. The summed E-state index contributed by atoms with van der Waals surface area (Å²) < 4.78 is 18.8. The van der Waals surface area contributed by atoms with Crippen molar-refractivity contribution in [1.29, 1.82) is 0 Å². The Morgan fingerprint density at radius 2 is 1.97 bits per heavy atom. The Morgan fingerprint density at radius 3 is 2.65 bits per heavy atom. The summed E-state index contributed by atoms with van der Waals surface area (Å²) in [5.41, 5.74) is 3.19. The number of rotatable bonds is 5. The molecule has 1 saturated heterocycles. The summed E-state index contributed by atoms with van der Waals surface area (Å²) in [6, 6.07) is 11.8. The lowest BCUT2D eigenvalue weighted by atomic mass is 9.97. The summed E-state index contributed by atoms with van der Waals surface area (Å²) in [6.45, 7) is 4.41.